The SMILES string of the molecule is COc1ccc(CSc2nc3ccccc3c3nc4ccccc4n23)cc1[N+](=O)[O-]. The van der Waals surface area contributed by atoms with Gasteiger partial charge in [-0.15, -0.1) is 0 Å². The molecule has 0 fully saturated rings. The molecular weight excluding hydrogens is 400 g/mol. The van der Waals surface area contributed by atoms with Crippen molar-refractivity contribution >= 4 is 45.0 Å². The van der Waals surface area contributed by atoms with E-state index in [1.54, 1.807) is 12.1 Å². The number of para-hydroxylation sites is 3. The fraction of sp³-hybridized carbons (Fsp3) is 0.0909. The zero-order valence-electron chi connectivity index (χ0n) is 16.0. The molecule has 0 aliphatic rings. The molecule has 148 valence electrons. The molecule has 2 aromatic heterocycles. The number of ether oxygens (including phenoxy) is 1. The van der Waals surface area contributed by atoms with Crippen LogP contribution in [0.5, 0.6) is 5.75 Å². The van der Waals surface area contributed by atoms with Gasteiger partial charge < -0.3 is 4.74 Å². The molecule has 0 spiro atoms. The lowest BCUT2D eigenvalue weighted by Gasteiger charge is -2.09. The van der Waals surface area contributed by atoms with Gasteiger partial charge in [-0.1, -0.05) is 42.1 Å². The van der Waals surface area contributed by atoms with Crippen molar-refractivity contribution in [2.45, 2.75) is 10.9 Å². The molecule has 5 aromatic rings. The van der Waals surface area contributed by atoms with Crippen LogP contribution in [0.4, 0.5) is 5.69 Å². The molecule has 2 heterocycles. The third kappa shape index (κ3) is 3.02. The van der Waals surface area contributed by atoms with Gasteiger partial charge >= 0.3 is 5.69 Å². The molecule has 8 heteroatoms. The Balaban J connectivity index is 1.62. The number of aromatic nitrogens is 3. The van der Waals surface area contributed by atoms with Gasteiger partial charge in [-0.2, -0.15) is 0 Å². The van der Waals surface area contributed by atoms with E-state index in [9.17, 15) is 10.1 Å². The zero-order valence-corrected chi connectivity index (χ0v) is 16.8. The first-order valence-corrected chi connectivity index (χ1v) is 10.2. The van der Waals surface area contributed by atoms with Crippen LogP contribution in [0.15, 0.2) is 71.9 Å². The lowest BCUT2D eigenvalue weighted by molar-refractivity contribution is -0.385. The van der Waals surface area contributed by atoms with E-state index in [2.05, 4.69) is 4.40 Å². The quantitative estimate of drug-likeness (QED) is 0.169. The van der Waals surface area contributed by atoms with E-state index in [-0.39, 0.29) is 11.4 Å². The summed E-state index contributed by atoms with van der Waals surface area (Å²) >= 11 is 1.52. The van der Waals surface area contributed by atoms with Gasteiger partial charge in [0.05, 0.1) is 28.6 Å². The van der Waals surface area contributed by atoms with E-state index in [4.69, 9.17) is 14.7 Å². The monoisotopic (exact) mass is 416 g/mol. The Labute approximate surface area is 175 Å². The summed E-state index contributed by atoms with van der Waals surface area (Å²) in [5, 5.41) is 13.1. The van der Waals surface area contributed by atoms with Crippen LogP contribution in [0, 0.1) is 10.1 Å². The second kappa shape index (κ2) is 7.31. The van der Waals surface area contributed by atoms with E-state index in [1.165, 1.54) is 18.9 Å². The fourth-order valence-electron chi connectivity index (χ4n) is 3.53. The number of nitro groups is 1. The maximum atomic E-state index is 11.3. The van der Waals surface area contributed by atoms with Crippen LogP contribution in [0.1, 0.15) is 5.56 Å². The maximum absolute atomic E-state index is 11.3. The van der Waals surface area contributed by atoms with Crippen LogP contribution < -0.4 is 4.74 Å². The number of fused-ring (bicyclic) bond motifs is 5. The van der Waals surface area contributed by atoms with Crippen molar-refractivity contribution in [2.24, 2.45) is 0 Å². The highest BCUT2D eigenvalue weighted by Crippen LogP contribution is 2.33. The summed E-state index contributed by atoms with van der Waals surface area (Å²) in [6.07, 6.45) is 0. The molecule has 0 bridgehead atoms. The first-order valence-electron chi connectivity index (χ1n) is 9.26. The molecule has 7 nitrogen and oxygen atoms in total. The van der Waals surface area contributed by atoms with Crippen LogP contribution in [0.2, 0.25) is 0 Å². The summed E-state index contributed by atoms with van der Waals surface area (Å²) < 4.78 is 7.15. The highest BCUT2D eigenvalue weighted by atomic mass is 32.2. The van der Waals surface area contributed by atoms with Gasteiger partial charge in [0.1, 0.15) is 5.65 Å². The molecule has 0 saturated heterocycles. The minimum atomic E-state index is -0.428. The third-order valence-electron chi connectivity index (χ3n) is 4.92. The maximum Gasteiger partial charge on any atom is 0.311 e. The Morgan fingerprint density at radius 1 is 1.03 bits per heavy atom. The number of thioether (sulfide) groups is 1. The Kier molecular flexibility index (Phi) is 4.48. The van der Waals surface area contributed by atoms with Crippen LogP contribution in [0.3, 0.4) is 0 Å². The van der Waals surface area contributed by atoms with Crippen molar-refractivity contribution < 1.29 is 9.66 Å². The van der Waals surface area contributed by atoms with E-state index in [0.717, 1.165) is 38.3 Å². The molecule has 5 rings (SSSR count). The van der Waals surface area contributed by atoms with E-state index < -0.39 is 4.92 Å². The van der Waals surface area contributed by atoms with Gasteiger partial charge in [-0.3, -0.25) is 14.5 Å². The van der Waals surface area contributed by atoms with Gasteiger partial charge in [0, 0.05) is 17.2 Å². The molecule has 0 N–H and O–H groups in total. The normalized spacial score (nSPS) is 11.4. The smallest absolute Gasteiger partial charge is 0.311 e. The Morgan fingerprint density at radius 2 is 1.80 bits per heavy atom. The fourth-order valence-corrected chi connectivity index (χ4v) is 4.48. The number of methoxy groups -OCH3 is 1. The Hall–Kier alpha value is -3.65. The average Bonchev–Trinajstić information content (AvgIpc) is 3.17. The number of nitro benzene ring substituents is 1. The van der Waals surface area contributed by atoms with Gasteiger partial charge in [-0.25, -0.2) is 9.97 Å². The second-order valence-corrected chi connectivity index (χ2v) is 7.67. The predicted octanol–water partition coefficient (Wildman–Crippen LogP) is 5.24. The van der Waals surface area contributed by atoms with Crippen LogP contribution in [0.25, 0.3) is 27.6 Å². The number of hydrogen-bond acceptors (Lipinski definition) is 6. The third-order valence-corrected chi connectivity index (χ3v) is 5.93. The van der Waals surface area contributed by atoms with Crippen molar-refractivity contribution in [3.63, 3.8) is 0 Å². The minimum Gasteiger partial charge on any atom is -0.490 e. The molecular formula is C22H16N4O3S. The number of benzene rings is 3. The Morgan fingerprint density at radius 3 is 2.60 bits per heavy atom. The van der Waals surface area contributed by atoms with Crippen molar-refractivity contribution in [1.29, 1.82) is 0 Å². The highest BCUT2D eigenvalue weighted by Gasteiger charge is 2.17. The summed E-state index contributed by atoms with van der Waals surface area (Å²) in [5.74, 6) is 0.776. The lowest BCUT2D eigenvalue weighted by atomic mass is 10.2. The van der Waals surface area contributed by atoms with Crippen molar-refractivity contribution in [1.82, 2.24) is 14.4 Å². The summed E-state index contributed by atoms with van der Waals surface area (Å²) in [5.41, 5.74) is 4.38. The largest absolute Gasteiger partial charge is 0.490 e. The van der Waals surface area contributed by atoms with Crippen molar-refractivity contribution in [3.05, 3.63) is 82.4 Å². The molecule has 0 amide bonds. The lowest BCUT2D eigenvalue weighted by Crippen LogP contribution is -1.98. The van der Waals surface area contributed by atoms with Crippen LogP contribution in [-0.2, 0) is 5.75 Å². The van der Waals surface area contributed by atoms with Crippen molar-refractivity contribution in [2.75, 3.05) is 7.11 Å². The number of hydrogen-bond donors (Lipinski definition) is 0. The summed E-state index contributed by atoms with van der Waals surface area (Å²) in [6.45, 7) is 0. The molecule has 0 radical (unpaired) electrons. The summed E-state index contributed by atoms with van der Waals surface area (Å²) in [6, 6.07) is 20.9. The first kappa shape index (κ1) is 18.4. The minimum absolute atomic E-state index is 0.0414. The molecule has 3 aromatic carbocycles. The van der Waals surface area contributed by atoms with Gasteiger partial charge in [0.15, 0.2) is 10.9 Å². The topological polar surface area (TPSA) is 82.6 Å². The predicted molar refractivity (Wildman–Crippen MR) is 117 cm³/mol. The van der Waals surface area contributed by atoms with Crippen LogP contribution >= 0.6 is 11.8 Å². The second-order valence-electron chi connectivity index (χ2n) is 6.72. The van der Waals surface area contributed by atoms with E-state index in [1.807, 2.05) is 54.6 Å². The van der Waals surface area contributed by atoms with E-state index >= 15 is 0 Å². The van der Waals surface area contributed by atoms with Gasteiger partial charge in [-0.05, 0) is 35.9 Å². The van der Waals surface area contributed by atoms with Crippen LogP contribution in [-0.4, -0.2) is 26.4 Å². The van der Waals surface area contributed by atoms with E-state index in [0.29, 0.717) is 5.75 Å². The first-order chi connectivity index (χ1) is 14.7. The van der Waals surface area contributed by atoms with Crippen molar-refractivity contribution in [3.8, 4) is 5.75 Å². The van der Waals surface area contributed by atoms with Gasteiger partial charge in [0.2, 0.25) is 0 Å². The molecule has 0 atom stereocenters. The molecule has 0 unspecified atom stereocenters. The summed E-state index contributed by atoms with van der Waals surface area (Å²) in [7, 11) is 1.43. The number of rotatable bonds is 5. The standard InChI is InChI=1S/C22H16N4O3S/c1-29-20-11-10-14(12-19(20)26(27)28)13-30-22-24-16-7-3-2-6-15(16)21-23-17-8-4-5-9-18(17)25(21)22/h2-12H,13H2,1H3. The molecule has 0 aliphatic heterocycles. The average molecular weight is 416 g/mol. The zero-order chi connectivity index (χ0) is 20.7. The molecule has 0 aliphatic carbocycles. The highest BCUT2D eigenvalue weighted by molar-refractivity contribution is 7.98. The Bertz CT molecular complexity index is 1430. The molecule has 30 heavy (non-hydrogen) atoms. The summed E-state index contributed by atoms with van der Waals surface area (Å²) in [4.78, 5) is 20.6. The number of nitrogens with zero attached hydrogens (tertiary/aromatic N) is 4. The molecule has 0 saturated carbocycles. The van der Waals surface area contributed by atoms with Gasteiger partial charge in [0.25, 0.3) is 0 Å². The number of imidazole rings is 1.